The number of ether oxygens (including phenoxy) is 1. The molecule has 3 aromatic rings. The van der Waals surface area contributed by atoms with Crippen molar-refractivity contribution in [2.24, 2.45) is 4.99 Å². The fraction of sp³-hybridized carbons (Fsp3) is 0.250. The monoisotopic (exact) mass is 537 g/mol. The number of hydrogen-bond donors (Lipinski definition) is 3. The fourth-order valence-corrected chi connectivity index (χ4v) is 3.76. The lowest BCUT2D eigenvalue weighted by atomic mass is 10.1. The Bertz CT molecular complexity index is 1310. The number of aliphatic imine (C=N–C) groups is 1. The summed E-state index contributed by atoms with van der Waals surface area (Å²) in [5, 5.41) is 11.0. The van der Waals surface area contributed by atoms with Gasteiger partial charge in [-0.05, 0) is 23.8 Å². The molecule has 0 unspecified atom stereocenters. The topological polar surface area (TPSA) is 120 Å². The predicted molar refractivity (Wildman–Crippen MR) is 132 cm³/mol. The van der Waals surface area contributed by atoms with E-state index in [4.69, 9.17) is 14.6 Å². The number of carboxylic acid groups (broad SMARTS) is 1. The third-order valence-corrected chi connectivity index (χ3v) is 5.45. The molecule has 37 heavy (non-hydrogen) atoms. The van der Waals surface area contributed by atoms with Crippen LogP contribution in [0.3, 0.4) is 0 Å². The van der Waals surface area contributed by atoms with Crippen LogP contribution in [0, 0.1) is 0 Å². The number of pyridine rings is 1. The van der Waals surface area contributed by atoms with Gasteiger partial charge in [-0.3, -0.25) is 10.1 Å². The van der Waals surface area contributed by atoms with E-state index in [1.165, 1.54) is 5.56 Å². The lowest BCUT2D eigenvalue weighted by Gasteiger charge is -2.33. The molecular formula is C24H23ClF3N5O4. The van der Waals surface area contributed by atoms with Crippen LogP contribution < -0.4 is 5.32 Å². The number of fused-ring (bicyclic) bond motifs is 1. The lowest BCUT2D eigenvalue weighted by Crippen LogP contribution is -2.50. The molecule has 1 saturated heterocycles. The van der Waals surface area contributed by atoms with Crippen LogP contribution in [-0.2, 0) is 20.7 Å². The maximum Gasteiger partial charge on any atom is 0.490 e. The van der Waals surface area contributed by atoms with E-state index in [2.05, 4.69) is 37.3 Å². The minimum absolute atomic E-state index is 0. The zero-order valence-corrected chi connectivity index (χ0v) is 20.1. The highest BCUT2D eigenvalue weighted by Gasteiger charge is 2.38. The Morgan fingerprint density at radius 2 is 1.95 bits per heavy atom. The van der Waals surface area contributed by atoms with E-state index in [0.29, 0.717) is 31.4 Å². The van der Waals surface area contributed by atoms with Crippen LogP contribution in [0.4, 0.5) is 13.2 Å². The van der Waals surface area contributed by atoms with Crippen LogP contribution in [0.15, 0.2) is 65.5 Å². The highest BCUT2D eigenvalue weighted by Crippen LogP contribution is 2.21. The number of carboxylic acids is 1. The molecule has 1 amide bonds. The van der Waals surface area contributed by atoms with Gasteiger partial charge in [0.15, 0.2) is 0 Å². The number of guanidine groups is 1. The number of nitrogens with zero attached hydrogens (tertiary/aromatic N) is 3. The van der Waals surface area contributed by atoms with Gasteiger partial charge in [-0.1, -0.05) is 30.3 Å². The molecule has 0 radical (unpaired) electrons. The summed E-state index contributed by atoms with van der Waals surface area (Å²) >= 11 is 0. The molecule has 9 nitrogen and oxygen atoms in total. The normalized spacial score (nSPS) is 18.5. The van der Waals surface area contributed by atoms with E-state index in [1.807, 2.05) is 36.5 Å². The predicted octanol–water partition coefficient (Wildman–Crippen LogP) is 3.39. The highest BCUT2D eigenvalue weighted by atomic mass is 35.5. The molecule has 1 fully saturated rings. The second-order valence-corrected chi connectivity index (χ2v) is 7.99. The Balaban J connectivity index is 0.000000422. The van der Waals surface area contributed by atoms with Gasteiger partial charge in [-0.15, -0.1) is 12.4 Å². The van der Waals surface area contributed by atoms with Crippen molar-refractivity contribution >= 4 is 47.4 Å². The van der Waals surface area contributed by atoms with Crippen LogP contribution in [0.5, 0.6) is 0 Å². The van der Waals surface area contributed by atoms with Crippen molar-refractivity contribution < 1.29 is 32.6 Å². The van der Waals surface area contributed by atoms with Crippen LogP contribution >= 0.6 is 12.4 Å². The number of aliphatic carboxylic acids is 1. The zero-order valence-electron chi connectivity index (χ0n) is 19.2. The van der Waals surface area contributed by atoms with E-state index in [-0.39, 0.29) is 24.4 Å². The SMILES string of the molecule is Cl.O=C(O)C(F)(F)F.O=C1NC(N2CCO[C@H](Cc3ccccc3)C2)=N/C1=C\c1c[nH]c2ncccc12. The molecule has 2 aromatic heterocycles. The first-order chi connectivity index (χ1) is 17.2. The molecule has 0 saturated carbocycles. The zero-order chi connectivity index (χ0) is 25.7. The van der Waals surface area contributed by atoms with E-state index in [0.717, 1.165) is 23.0 Å². The van der Waals surface area contributed by atoms with Gasteiger partial charge >= 0.3 is 12.1 Å². The van der Waals surface area contributed by atoms with Crippen molar-refractivity contribution in [1.29, 1.82) is 0 Å². The summed E-state index contributed by atoms with van der Waals surface area (Å²) in [6.07, 6.45) is 1.20. The van der Waals surface area contributed by atoms with Crippen LogP contribution in [0.25, 0.3) is 17.1 Å². The molecule has 13 heteroatoms. The smallest absolute Gasteiger partial charge is 0.475 e. The van der Waals surface area contributed by atoms with Crippen molar-refractivity contribution in [3.05, 3.63) is 71.7 Å². The molecule has 4 heterocycles. The molecule has 2 aliphatic heterocycles. The van der Waals surface area contributed by atoms with E-state index < -0.39 is 12.1 Å². The third kappa shape index (κ3) is 7.08. The van der Waals surface area contributed by atoms with E-state index >= 15 is 0 Å². The summed E-state index contributed by atoms with van der Waals surface area (Å²) < 4.78 is 37.7. The van der Waals surface area contributed by atoms with Gasteiger partial charge in [0, 0.05) is 42.9 Å². The van der Waals surface area contributed by atoms with Crippen molar-refractivity contribution in [3.8, 4) is 0 Å². The van der Waals surface area contributed by atoms with Crippen molar-refractivity contribution in [3.63, 3.8) is 0 Å². The first kappa shape index (κ1) is 27.7. The quantitative estimate of drug-likeness (QED) is 0.441. The summed E-state index contributed by atoms with van der Waals surface area (Å²) in [7, 11) is 0. The van der Waals surface area contributed by atoms with Crippen LogP contribution in [-0.4, -0.2) is 69.8 Å². The van der Waals surface area contributed by atoms with Gasteiger partial charge in [0.2, 0.25) is 5.96 Å². The number of halogens is 4. The number of amides is 1. The molecule has 5 rings (SSSR count). The van der Waals surface area contributed by atoms with Crippen molar-refractivity contribution in [2.45, 2.75) is 18.7 Å². The summed E-state index contributed by atoms with van der Waals surface area (Å²) in [4.78, 5) is 35.4. The molecule has 2 aliphatic rings. The standard InChI is InChI=1S/C22H21N5O2.C2HF3O2.ClH/c28-21-19(12-16-13-24-20-18(16)7-4-8-23-20)25-22(26-21)27-9-10-29-17(14-27)11-15-5-2-1-3-6-15;3-2(4,5)1(6)7;/h1-8,12-13,17H,9-11,14H2,(H,23,24)(H,25,26,28);(H,6,7);1H/b19-12-;;/t17-;;/m1../s1. The largest absolute Gasteiger partial charge is 0.490 e. The maximum absolute atomic E-state index is 12.5. The van der Waals surface area contributed by atoms with Gasteiger partial charge in [0.25, 0.3) is 5.91 Å². The number of H-pyrrole nitrogens is 1. The number of carbonyl (C=O) groups is 2. The Morgan fingerprint density at radius 3 is 2.65 bits per heavy atom. The number of carbonyl (C=O) groups excluding carboxylic acids is 1. The van der Waals surface area contributed by atoms with Crippen LogP contribution in [0.1, 0.15) is 11.1 Å². The van der Waals surface area contributed by atoms with Crippen LogP contribution in [0.2, 0.25) is 0 Å². The summed E-state index contributed by atoms with van der Waals surface area (Å²) in [6, 6.07) is 14.1. The molecule has 0 aliphatic carbocycles. The lowest BCUT2D eigenvalue weighted by molar-refractivity contribution is -0.192. The number of rotatable bonds is 3. The number of hydrogen-bond acceptors (Lipinski definition) is 6. The number of aromatic amines is 1. The molecule has 1 atom stereocenters. The van der Waals surface area contributed by atoms with Gasteiger partial charge in [0.05, 0.1) is 12.7 Å². The summed E-state index contributed by atoms with van der Waals surface area (Å²) in [6.45, 7) is 2.01. The number of morpholine rings is 1. The number of aromatic nitrogens is 2. The number of benzene rings is 1. The Kier molecular flexibility index (Phi) is 8.90. The third-order valence-electron chi connectivity index (χ3n) is 5.45. The number of alkyl halides is 3. The highest BCUT2D eigenvalue weighted by molar-refractivity contribution is 6.14. The van der Waals surface area contributed by atoms with Crippen molar-refractivity contribution in [2.75, 3.05) is 19.7 Å². The molecule has 0 bridgehead atoms. The Labute approximate surface area is 215 Å². The molecule has 196 valence electrons. The second-order valence-electron chi connectivity index (χ2n) is 7.99. The van der Waals surface area contributed by atoms with Gasteiger partial charge < -0.3 is 19.7 Å². The van der Waals surface area contributed by atoms with E-state index in [9.17, 15) is 18.0 Å². The van der Waals surface area contributed by atoms with Gasteiger partial charge in [-0.25, -0.2) is 14.8 Å². The Morgan fingerprint density at radius 1 is 1.22 bits per heavy atom. The van der Waals surface area contributed by atoms with Crippen molar-refractivity contribution in [1.82, 2.24) is 20.2 Å². The Hall–Kier alpha value is -3.90. The van der Waals surface area contributed by atoms with Gasteiger partial charge in [0.1, 0.15) is 11.3 Å². The number of nitrogens with one attached hydrogen (secondary N) is 2. The minimum Gasteiger partial charge on any atom is -0.475 e. The average Bonchev–Trinajstić information content (AvgIpc) is 3.43. The summed E-state index contributed by atoms with van der Waals surface area (Å²) in [5.41, 5.74) is 3.33. The maximum atomic E-state index is 12.5. The minimum atomic E-state index is -5.08. The molecular weight excluding hydrogens is 515 g/mol. The fourth-order valence-electron chi connectivity index (χ4n) is 3.76. The van der Waals surface area contributed by atoms with Gasteiger partial charge in [-0.2, -0.15) is 13.2 Å². The second kappa shape index (κ2) is 11.9. The average molecular weight is 538 g/mol. The first-order valence-corrected chi connectivity index (χ1v) is 10.9. The first-order valence-electron chi connectivity index (χ1n) is 10.9. The van der Waals surface area contributed by atoms with E-state index in [1.54, 1.807) is 12.3 Å². The molecule has 1 aromatic carbocycles. The summed E-state index contributed by atoms with van der Waals surface area (Å²) in [5.74, 6) is -2.35. The molecule has 0 spiro atoms. The molecule has 3 N–H and O–H groups in total.